The van der Waals surface area contributed by atoms with E-state index in [-0.39, 0.29) is 17.9 Å². The summed E-state index contributed by atoms with van der Waals surface area (Å²) < 4.78 is 16.5. The summed E-state index contributed by atoms with van der Waals surface area (Å²) in [6.45, 7) is 3.42. The van der Waals surface area contributed by atoms with E-state index >= 15 is 0 Å². The van der Waals surface area contributed by atoms with Crippen molar-refractivity contribution in [3.8, 4) is 17.2 Å². The van der Waals surface area contributed by atoms with Crippen LogP contribution in [-0.2, 0) is 22.6 Å². The van der Waals surface area contributed by atoms with Gasteiger partial charge in [-0.15, -0.1) is 0 Å². The fourth-order valence-electron chi connectivity index (χ4n) is 4.85. The van der Waals surface area contributed by atoms with Gasteiger partial charge in [0.25, 0.3) is 0 Å². The molecule has 1 heterocycles. The van der Waals surface area contributed by atoms with Crippen molar-refractivity contribution in [3.63, 3.8) is 0 Å². The summed E-state index contributed by atoms with van der Waals surface area (Å²) in [6, 6.07) is 13.2. The lowest BCUT2D eigenvalue weighted by Crippen LogP contribution is -2.51. The Kier molecular flexibility index (Phi) is 8.50. The second kappa shape index (κ2) is 12.0. The second-order valence-electron chi connectivity index (χ2n) is 9.26. The van der Waals surface area contributed by atoms with E-state index in [0.29, 0.717) is 39.0 Å². The normalized spacial score (nSPS) is 15.9. The highest BCUT2D eigenvalue weighted by atomic mass is 16.6. The van der Waals surface area contributed by atoms with E-state index in [2.05, 4.69) is 5.32 Å². The maximum absolute atomic E-state index is 13.5. The molecule has 35 heavy (non-hydrogen) atoms. The number of aryl methyl sites for hydroxylation is 1. The fraction of sp³-hybridized carbons (Fsp3) is 0.500. The molecule has 2 aliphatic rings. The van der Waals surface area contributed by atoms with Gasteiger partial charge >= 0.3 is 0 Å². The molecule has 0 saturated heterocycles. The zero-order valence-corrected chi connectivity index (χ0v) is 20.8. The second-order valence-corrected chi connectivity index (χ2v) is 9.26. The number of nitrogens with zero attached hydrogens (tertiary/aromatic N) is 1. The molecule has 1 saturated carbocycles. The van der Waals surface area contributed by atoms with E-state index in [1.54, 1.807) is 12.0 Å². The summed E-state index contributed by atoms with van der Waals surface area (Å²) in [5, 5.41) is 3.19. The zero-order valence-electron chi connectivity index (χ0n) is 20.8. The average molecular weight is 481 g/mol. The number of ether oxygens (including phenoxy) is 3. The molecular formula is C28H36N2O5. The zero-order chi connectivity index (χ0) is 24.6. The van der Waals surface area contributed by atoms with E-state index < -0.39 is 6.04 Å². The first-order valence-electron chi connectivity index (χ1n) is 12.7. The summed E-state index contributed by atoms with van der Waals surface area (Å²) in [7, 11) is 1.63. The van der Waals surface area contributed by atoms with E-state index in [1.807, 2.05) is 49.4 Å². The van der Waals surface area contributed by atoms with Gasteiger partial charge in [0.1, 0.15) is 25.0 Å². The topological polar surface area (TPSA) is 77.1 Å². The highest BCUT2D eigenvalue weighted by Crippen LogP contribution is 2.31. The lowest BCUT2D eigenvalue weighted by molar-refractivity contribution is -0.141. The predicted molar refractivity (Wildman–Crippen MR) is 134 cm³/mol. The van der Waals surface area contributed by atoms with Gasteiger partial charge < -0.3 is 24.4 Å². The minimum Gasteiger partial charge on any atom is -0.497 e. The summed E-state index contributed by atoms with van der Waals surface area (Å²) in [5.41, 5.74) is 1.97. The van der Waals surface area contributed by atoms with Gasteiger partial charge in [0.05, 0.1) is 7.11 Å². The van der Waals surface area contributed by atoms with Crippen molar-refractivity contribution in [1.82, 2.24) is 10.2 Å². The van der Waals surface area contributed by atoms with E-state index in [0.717, 1.165) is 54.1 Å². The number of benzene rings is 2. The van der Waals surface area contributed by atoms with Gasteiger partial charge in [0.15, 0.2) is 11.5 Å². The lowest BCUT2D eigenvalue weighted by Gasteiger charge is -2.31. The number of fused-ring (bicyclic) bond motifs is 1. The molecule has 1 atom stereocenters. The molecular weight excluding hydrogens is 444 g/mol. The van der Waals surface area contributed by atoms with Crippen molar-refractivity contribution in [3.05, 3.63) is 53.6 Å². The van der Waals surface area contributed by atoms with Gasteiger partial charge in [0.2, 0.25) is 11.8 Å². The largest absolute Gasteiger partial charge is 0.497 e. The molecule has 7 heteroatoms. The Morgan fingerprint density at radius 1 is 1.03 bits per heavy atom. The Bertz CT molecular complexity index is 1000. The third-order valence-corrected chi connectivity index (χ3v) is 6.83. The van der Waals surface area contributed by atoms with Crippen LogP contribution in [0.15, 0.2) is 42.5 Å². The molecule has 188 valence electrons. The van der Waals surface area contributed by atoms with Crippen molar-refractivity contribution >= 4 is 11.8 Å². The number of carbonyl (C=O) groups excluding carboxylic acids is 2. The molecule has 1 aliphatic heterocycles. The maximum Gasteiger partial charge on any atom is 0.243 e. The van der Waals surface area contributed by atoms with Crippen molar-refractivity contribution in [2.75, 3.05) is 20.3 Å². The van der Waals surface area contributed by atoms with Gasteiger partial charge in [-0.2, -0.15) is 0 Å². The molecule has 1 N–H and O–H groups in total. The molecule has 0 bridgehead atoms. The Labute approximate surface area is 207 Å². The van der Waals surface area contributed by atoms with Gasteiger partial charge in [-0.05, 0) is 61.1 Å². The Balaban J connectivity index is 1.48. The third-order valence-electron chi connectivity index (χ3n) is 6.83. The molecule has 7 nitrogen and oxygen atoms in total. The first-order valence-corrected chi connectivity index (χ1v) is 12.7. The minimum absolute atomic E-state index is 0.0378. The first-order chi connectivity index (χ1) is 17.1. The number of hydrogen-bond acceptors (Lipinski definition) is 5. The Hall–Kier alpha value is -3.22. The average Bonchev–Trinajstić information content (AvgIpc) is 3.40. The van der Waals surface area contributed by atoms with Gasteiger partial charge in [-0.25, -0.2) is 0 Å². The monoisotopic (exact) mass is 480 g/mol. The van der Waals surface area contributed by atoms with Crippen LogP contribution in [-0.4, -0.2) is 49.1 Å². The van der Waals surface area contributed by atoms with E-state index in [4.69, 9.17) is 14.2 Å². The molecule has 2 aromatic rings. The SMILES string of the molecule is CC[C@@H](C(=O)NC1CCCC1)N(Cc1ccc(OC)cc1)C(=O)CCc1ccc2c(c1)OCCO2. The standard InChI is InChI=1S/C28H36N2O5/c1-3-24(28(32)29-22-6-4-5-7-22)30(19-21-8-12-23(33-2)13-9-21)27(31)15-11-20-10-14-25-26(18-20)35-17-16-34-25/h8-10,12-14,18,22,24H,3-7,11,15-17,19H2,1-2H3,(H,29,32)/t24-/m0/s1. The summed E-state index contributed by atoms with van der Waals surface area (Å²) >= 11 is 0. The highest BCUT2D eigenvalue weighted by Gasteiger charge is 2.30. The Morgan fingerprint density at radius 2 is 1.71 bits per heavy atom. The summed E-state index contributed by atoms with van der Waals surface area (Å²) in [4.78, 5) is 28.5. The molecule has 1 aliphatic carbocycles. The number of amides is 2. The van der Waals surface area contributed by atoms with Crippen molar-refractivity contribution in [2.24, 2.45) is 0 Å². The number of carbonyl (C=O) groups is 2. The number of methoxy groups -OCH3 is 1. The summed E-state index contributed by atoms with van der Waals surface area (Å²) in [5.74, 6) is 2.13. The molecule has 0 unspecified atom stereocenters. The number of rotatable bonds is 10. The lowest BCUT2D eigenvalue weighted by atomic mass is 10.0. The van der Waals surface area contributed by atoms with Crippen LogP contribution in [0.2, 0.25) is 0 Å². The third kappa shape index (κ3) is 6.47. The molecule has 1 fully saturated rings. The van der Waals surface area contributed by atoms with E-state index in [9.17, 15) is 9.59 Å². The number of nitrogens with one attached hydrogen (secondary N) is 1. The van der Waals surface area contributed by atoms with Crippen LogP contribution in [0.4, 0.5) is 0 Å². The van der Waals surface area contributed by atoms with Crippen LogP contribution < -0.4 is 19.5 Å². The summed E-state index contributed by atoms with van der Waals surface area (Å²) in [6.07, 6.45) is 5.75. The van der Waals surface area contributed by atoms with Crippen LogP contribution in [0.25, 0.3) is 0 Å². The fourth-order valence-corrected chi connectivity index (χ4v) is 4.85. The molecule has 2 amide bonds. The van der Waals surface area contributed by atoms with Crippen molar-refractivity contribution < 1.29 is 23.8 Å². The Morgan fingerprint density at radius 3 is 2.40 bits per heavy atom. The predicted octanol–water partition coefficient (Wildman–Crippen LogP) is 4.27. The van der Waals surface area contributed by atoms with Gasteiger partial charge in [-0.1, -0.05) is 38.0 Å². The van der Waals surface area contributed by atoms with Crippen LogP contribution in [0, 0.1) is 0 Å². The van der Waals surface area contributed by atoms with E-state index in [1.165, 1.54) is 0 Å². The smallest absolute Gasteiger partial charge is 0.243 e. The molecule has 0 aromatic heterocycles. The van der Waals surface area contributed by atoms with Crippen molar-refractivity contribution in [1.29, 1.82) is 0 Å². The number of hydrogen-bond donors (Lipinski definition) is 1. The van der Waals surface area contributed by atoms with Crippen LogP contribution in [0.5, 0.6) is 17.2 Å². The first kappa shape index (κ1) is 24.9. The molecule has 0 spiro atoms. The molecule has 0 radical (unpaired) electrons. The maximum atomic E-state index is 13.5. The molecule has 4 rings (SSSR count). The quantitative estimate of drug-likeness (QED) is 0.550. The van der Waals surface area contributed by atoms with Crippen LogP contribution in [0.1, 0.15) is 56.6 Å². The van der Waals surface area contributed by atoms with Gasteiger partial charge in [-0.3, -0.25) is 9.59 Å². The van der Waals surface area contributed by atoms with Crippen LogP contribution >= 0.6 is 0 Å². The molecule has 2 aromatic carbocycles. The van der Waals surface area contributed by atoms with Gasteiger partial charge in [0, 0.05) is 19.0 Å². The highest BCUT2D eigenvalue weighted by molar-refractivity contribution is 5.88. The van der Waals surface area contributed by atoms with Crippen LogP contribution in [0.3, 0.4) is 0 Å². The minimum atomic E-state index is -0.509. The van der Waals surface area contributed by atoms with Crippen molar-refractivity contribution in [2.45, 2.75) is 70.5 Å².